The first kappa shape index (κ1) is 12.7. The third-order valence-electron chi connectivity index (χ3n) is 5.24. The second-order valence-electron chi connectivity index (χ2n) is 6.65. The maximum atomic E-state index is 3.70. The molecule has 20 heavy (non-hydrogen) atoms. The minimum Gasteiger partial charge on any atom is -0.380 e. The number of piperazine rings is 1. The van der Waals surface area contributed by atoms with Crippen LogP contribution in [-0.2, 0) is 6.42 Å². The molecule has 0 spiro atoms. The van der Waals surface area contributed by atoms with E-state index in [0.29, 0.717) is 6.04 Å². The van der Waals surface area contributed by atoms with E-state index >= 15 is 0 Å². The highest BCUT2D eigenvalue weighted by atomic mass is 15.3. The number of nitrogens with one attached hydrogen (secondary N) is 1. The third kappa shape index (κ3) is 2.45. The van der Waals surface area contributed by atoms with Gasteiger partial charge >= 0.3 is 0 Å². The van der Waals surface area contributed by atoms with Gasteiger partial charge in [0, 0.05) is 44.0 Å². The van der Waals surface area contributed by atoms with Gasteiger partial charge in [0.15, 0.2) is 0 Å². The first-order valence-electron chi connectivity index (χ1n) is 8.19. The predicted molar refractivity (Wildman–Crippen MR) is 83.2 cm³/mol. The number of hydrogen-bond donors (Lipinski definition) is 1. The number of benzene rings is 1. The minimum atomic E-state index is 0.613. The van der Waals surface area contributed by atoms with E-state index in [2.05, 4.69) is 39.4 Å². The van der Waals surface area contributed by atoms with Crippen LogP contribution in [0.15, 0.2) is 24.3 Å². The van der Waals surface area contributed by atoms with Crippen molar-refractivity contribution in [2.24, 2.45) is 0 Å². The molecule has 3 aliphatic rings. The van der Waals surface area contributed by atoms with Crippen molar-refractivity contribution in [2.45, 2.75) is 37.8 Å². The summed E-state index contributed by atoms with van der Waals surface area (Å²) >= 11 is 0. The van der Waals surface area contributed by atoms with Gasteiger partial charge in [0.25, 0.3) is 0 Å². The topological polar surface area (TPSA) is 18.5 Å². The highest BCUT2D eigenvalue weighted by Crippen LogP contribution is 2.27. The maximum absolute atomic E-state index is 3.70. The van der Waals surface area contributed by atoms with E-state index in [1.165, 1.54) is 69.7 Å². The summed E-state index contributed by atoms with van der Waals surface area (Å²) in [5, 5.41) is 3.70. The Morgan fingerprint density at radius 1 is 1.10 bits per heavy atom. The standard InChI is InChI=1S/C17H25N3/c1-2-7-17-14(5-1)11-15(18-17)12-19-9-10-20-8-4-3-6-16(20)13-19/h1-2,5,7,15-16,18H,3-4,6,8-13H2. The smallest absolute Gasteiger partial charge is 0.0429 e. The normalized spacial score (nSPS) is 30.6. The summed E-state index contributed by atoms with van der Waals surface area (Å²) in [7, 11) is 0. The lowest BCUT2D eigenvalue weighted by Crippen LogP contribution is -2.56. The Morgan fingerprint density at radius 3 is 3.00 bits per heavy atom. The molecule has 2 unspecified atom stereocenters. The average molecular weight is 271 g/mol. The quantitative estimate of drug-likeness (QED) is 0.889. The van der Waals surface area contributed by atoms with Gasteiger partial charge in [-0.15, -0.1) is 0 Å². The second-order valence-corrected chi connectivity index (χ2v) is 6.65. The Hall–Kier alpha value is -1.06. The molecule has 2 saturated heterocycles. The number of hydrogen-bond acceptors (Lipinski definition) is 3. The van der Waals surface area contributed by atoms with Gasteiger partial charge in [-0.2, -0.15) is 0 Å². The fraction of sp³-hybridized carbons (Fsp3) is 0.647. The fourth-order valence-electron chi connectivity index (χ4n) is 4.18. The zero-order valence-electron chi connectivity index (χ0n) is 12.2. The van der Waals surface area contributed by atoms with Crippen LogP contribution in [0.4, 0.5) is 5.69 Å². The monoisotopic (exact) mass is 271 g/mol. The van der Waals surface area contributed by atoms with Crippen molar-refractivity contribution >= 4 is 5.69 Å². The second kappa shape index (κ2) is 5.38. The summed E-state index contributed by atoms with van der Waals surface area (Å²) < 4.78 is 0. The van der Waals surface area contributed by atoms with Crippen LogP contribution in [0, 0.1) is 0 Å². The molecule has 0 saturated carbocycles. The number of nitrogens with zero attached hydrogens (tertiary/aromatic N) is 2. The summed E-state index contributed by atoms with van der Waals surface area (Å²) in [5.41, 5.74) is 2.85. The van der Waals surface area contributed by atoms with Crippen LogP contribution in [-0.4, -0.2) is 54.6 Å². The van der Waals surface area contributed by atoms with Crippen LogP contribution in [0.2, 0.25) is 0 Å². The van der Waals surface area contributed by atoms with Gasteiger partial charge in [-0.25, -0.2) is 0 Å². The summed E-state index contributed by atoms with van der Waals surface area (Å²) in [6.45, 7) is 6.37. The van der Waals surface area contributed by atoms with Crippen LogP contribution < -0.4 is 5.32 Å². The van der Waals surface area contributed by atoms with Crippen molar-refractivity contribution in [1.29, 1.82) is 0 Å². The molecule has 0 aromatic heterocycles. The first-order valence-corrected chi connectivity index (χ1v) is 8.19. The number of anilines is 1. The number of fused-ring (bicyclic) bond motifs is 2. The molecule has 3 nitrogen and oxygen atoms in total. The van der Waals surface area contributed by atoms with Gasteiger partial charge in [0.1, 0.15) is 0 Å². The highest BCUT2D eigenvalue weighted by Gasteiger charge is 2.30. The molecule has 108 valence electrons. The van der Waals surface area contributed by atoms with Crippen LogP contribution in [0.1, 0.15) is 24.8 Å². The zero-order chi connectivity index (χ0) is 13.4. The zero-order valence-corrected chi connectivity index (χ0v) is 12.2. The van der Waals surface area contributed by atoms with Crippen molar-refractivity contribution in [3.63, 3.8) is 0 Å². The molecule has 3 aliphatic heterocycles. The van der Waals surface area contributed by atoms with Crippen molar-refractivity contribution in [2.75, 3.05) is 38.0 Å². The fourth-order valence-corrected chi connectivity index (χ4v) is 4.18. The third-order valence-corrected chi connectivity index (χ3v) is 5.24. The van der Waals surface area contributed by atoms with Gasteiger partial charge in [-0.3, -0.25) is 9.80 Å². The van der Waals surface area contributed by atoms with Gasteiger partial charge < -0.3 is 5.32 Å². The van der Waals surface area contributed by atoms with Gasteiger partial charge in [-0.1, -0.05) is 24.6 Å². The Kier molecular flexibility index (Phi) is 3.41. The summed E-state index contributed by atoms with van der Waals surface area (Å²) in [6, 6.07) is 10.2. The van der Waals surface area contributed by atoms with Crippen molar-refractivity contribution in [1.82, 2.24) is 9.80 Å². The highest BCUT2D eigenvalue weighted by molar-refractivity contribution is 5.56. The van der Waals surface area contributed by atoms with E-state index in [0.717, 1.165) is 6.04 Å². The SMILES string of the molecule is c1ccc2c(c1)CC(CN1CCN3CCCCC3C1)N2. The van der Waals surface area contributed by atoms with E-state index in [1.54, 1.807) is 0 Å². The summed E-state index contributed by atoms with van der Waals surface area (Å²) in [6.07, 6.45) is 5.45. The molecule has 3 heterocycles. The molecule has 4 rings (SSSR count). The van der Waals surface area contributed by atoms with Crippen LogP contribution in [0.25, 0.3) is 0 Å². The Balaban J connectivity index is 1.35. The van der Waals surface area contributed by atoms with Crippen molar-refractivity contribution in [3.8, 4) is 0 Å². The number of rotatable bonds is 2. The van der Waals surface area contributed by atoms with Crippen molar-refractivity contribution < 1.29 is 0 Å². The summed E-state index contributed by atoms with van der Waals surface area (Å²) in [4.78, 5) is 5.41. The Morgan fingerprint density at radius 2 is 2.05 bits per heavy atom. The number of para-hydroxylation sites is 1. The summed E-state index contributed by atoms with van der Waals surface area (Å²) in [5.74, 6) is 0. The molecule has 3 heteroatoms. The molecular weight excluding hydrogens is 246 g/mol. The van der Waals surface area contributed by atoms with E-state index in [1.807, 2.05) is 0 Å². The molecule has 0 amide bonds. The molecular formula is C17H25N3. The van der Waals surface area contributed by atoms with Crippen molar-refractivity contribution in [3.05, 3.63) is 29.8 Å². The molecule has 2 fully saturated rings. The van der Waals surface area contributed by atoms with Crippen LogP contribution in [0.3, 0.4) is 0 Å². The van der Waals surface area contributed by atoms with Gasteiger partial charge in [0.2, 0.25) is 0 Å². The molecule has 2 atom stereocenters. The molecule has 0 bridgehead atoms. The van der Waals surface area contributed by atoms with E-state index in [4.69, 9.17) is 0 Å². The van der Waals surface area contributed by atoms with E-state index < -0.39 is 0 Å². The molecule has 0 aliphatic carbocycles. The lowest BCUT2D eigenvalue weighted by Gasteiger charge is -2.44. The van der Waals surface area contributed by atoms with Crippen LogP contribution in [0.5, 0.6) is 0 Å². The Labute approximate surface area is 121 Å². The van der Waals surface area contributed by atoms with Crippen LogP contribution >= 0.6 is 0 Å². The molecule has 1 aromatic carbocycles. The molecule has 0 radical (unpaired) electrons. The maximum Gasteiger partial charge on any atom is 0.0429 e. The first-order chi connectivity index (χ1) is 9.88. The Bertz CT molecular complexity index is 448. The predicted octanol–water partition coefficient (Wildman–Crippen LogP) is 2.19. The lowest BCUT2D eigenvalue weighted by atomic mass is 9.99. The molecule has 1 aromatic rings. The lowest BCUT2D eigenvalue weighted by molar-refractivity contribution is 0.0478. The van der Waals surface area contributed by atoms with E-state index in [9.17, 15) is 0 Å². The van der Waals surface area contributed by atoms with Gasteiger partial charge in [0.05, 0.1) is 0 Å². The molecule has 1 N–H and O–H groups in total. The largest absolute Gasteiger partial charge is 0.380 e. The minimum absolute atomic E-state index is 0.613. The van der Waals surface area contributed by atoms with E-state index in [-0.39, 0.29) is 0 Å². The van der Waals surface area contributed by atoms with Gasteiger partial charge in [-0.05, 0) is 37.4 Å². The number of piperidine rings is 1. The average Bonchev–Trinajstić information content (AvgIpc) is 2.89.